The largest absolute Gasteiger partial charge is 0.346 e. The highest BCUT2D eigenvalue weighted by Gasteiger charge is 2.02. The van der Waals surface area contributed by atoms with Gasteiger partial charge in [0.05, 0.1) is 11.7 Å². The SMILES string of the molecule is O=c1cc[nH]c2c1ncc1cccn12. The molecule has 0 aromatic carbocycles. The van der Waals surface area contributed by atoms with Gasteiger partial charge in [-0.15, -0.1) is 0 Å². The number of hydrogen-bond donors (Lipinski definition) is 1. The average Bonchev–Trinajstić information content (AvgIpc) is 2.66. The molecule has 0 fully saturated rings. The van der Waals surface area contributed by atoms with Gasteiger partial charge < -0.3 is 4.98 Å². The van der Waals surface area contributed by atoms with Gasteiger partial charge in [0.25, 0.3) is 0 Å². The summed E-state index contributed by atoms with van der Waals surface area (Å²) < 4.78 is 1.91. The second-order valence-corrected chi connectivity index (χ2v) is 3.10. The molecule has 4 nitrogen and oxygen atoms in total. The number of rotatable bonds is 0. The molecule has 0 spiro atoms. The Morgan fingerprint density at radius 2 is 2.29 bits per heavy atom. The third-order valence-corrected chi connectivity index (χ3v) is 2.26. The van der Waals surface area contributed by atoms with Crippen LogP contribution in [0.3, 0.4) is 0 Å². The van der Waals surface area contributed by atoms with Crippen molar-refractivity contribution in [1.82, 2.24) is 14.4 Å². The maximum atomic E-state index is 11.4. The molecule has 4 heteroatoms. The number of pyridine rings is 1. The van der Waals surface area contributed by atoms with Gasteiger partial charge in [0, 0.05) is 18.5 Å². The van der Waals surface area contributed by atoms with Crippen LogP contribution >= 0.6 is 0 Å². The van der Waals surface area contributed by atoms with Crippen LogP contribution in [0.4, 0.5) is 0 Å². The molecule has 3 heterocycles. The Morgan fingerprint density at radius 1 is 1.36 bits per heavy atom. The van der Waals surface area contributed by atoms with E-state index in [2.05, 4.69) is 9.97 Å². The maximum Gasteiger partial charge on any atom is 0.209 e. The van der Waals surface area contributed by atoms with E-state index in [-0.39, 0.29) is 5.43 Å². The van der Waals surface area contributed by atoms with Crippen molar-refractivity contribution in [2.24, 2.45) is 0 Å². The Bertz CT molecular complexity index is 665. The molecule has 0 aliphatic heterocycles. The molecule has 0 bridgehead atoms. The summed E-state index contributed by atoms with van der Waals surface area (Å²) in [5, 5.41) is 0. The summed E-state index contributed by atoms with van der Waals surface area (Å²) in [5.41, 5.74) is 2.12. The van der Waals surface area contributed by atoms with E-state index in [1.54, 1.807) is 12.4 Å². The summed E-state index contributed by atoms with van der Waals surface area (Å²) in [7, 11) is 0. The molecular formula is C10H7N3O. The van der Waals surface area contributed by atoms with Gasteiger partial charge in [-0.2, -0.15) is 0 Å². The van der Waals surface area contributed by atoms with Crippen LogP contribution in [0.15, 0.2) is 41.6 Å². The lowest BCUT2D eigenvalue weighted by Crippen LogP contribution is -2.05. The zero-order valence-corrected chi connectivity index (χ0v) is 7.27. The van der Waals surface area contributed by atoms with Crippen LogP contribution in [0.25, 0.3) is 16.7 Å². The van der Waals surface area contributed by atoms with Gasteiger partial charge >= 0.3 is 0 Å². The monoisotopic (exact) mass is 185 g/mol. The first-order valence-electron chi connectivity index (χ1n) is 4.30. The predicted octanol–water partition coefficient (Wildman–Crippen LogP) is 1.18. The van der Waals surface area contributed by atoms with Crippen molar-refractivity contribution in [3.63, 3.8) is 0 Å². The minimum absolute atomic E-state index is 0.0608. The second kappa shape index (κ2) is 2.45. The molecular weight excluding hydrogens is 178 g/mol. The standard InChI is InChI=1S/C10H7N3O/c14-8-3-4-11-10-9(8)12-6-7-2-1-5-13(7)10/h1-6H,(H,11,14). The second-order valence-electron chi connectivity index (χ2n) is 3.10. The minimum atomic E-state index is -0.0608. The summed E-state index contributed by atoms with van der Waals surface area (Å²) in [5.74, 6) is 0. The van der Waals surface area contributed by atoms with Gasteiger partial charge in [-0.05, 0) is 12.1 Å². The van der Waals surface area contributed by atoms with E-state index in [4.69, 9.17) is 0 Å². The Morgan fingerprint density at radius 3 is 3.21 bits per heavy atom. The van der Waals surface area contributed by atoms with E-state index in [0.29, 0.717) is 5.52 Å². The Balaban J connectivity index is 2.71. The highest BCUT2D eigenvalue weighted by atomic mass is 16.1. The number of aromatic amines is 1. The van der Waals surface area contributed by atoms with Crippen molar-refractivity contribution in [2.75, 3.05) is 0 Å². The lowest BCUT2D eigenvalue weighted by atomic mass is 10.4. The van der Waals surface area contributed by atoms with Crippen molar-refractivity contribution in [3.8, 4) is 0 Å². The van der Waals surface area contributed by atoms with Crippen molar-refractivity contribution < 1.29 is 0 Å². The molecule has 0 aliphatic carbocycles. The molecule has 0 radical (unpaired) electrons. The van der Waals surface area contributed by atoms with Gasteiger partial charge in [-0.1, -0.05) is 0 Å². The normalized spacial score (nSPS) is 11.1. The summed E-state index contributed by atoms with van der Waals surface area (Å²) in [4.78, 5) is 18.6. The number of nitrogens with zero attached hydrogens (tertiary/aromatic N) is 2. The summed E-state index contributed by atoms with van der Waals surface area (Å²) in [6.45, 7) is 0. The van der Waals surface area contributed by atoms with E-state index < -0.39 is 0 Å². The minimum Gasteiger partial charge on any atom is -0.346 e. The Hall–Kier alpha value is -2.10. The van der Waals surface area contributed by atoms with Crippen LogP contribution in [0.2, 0.25) is 0 Å². The third kappa shape index (κ3) is 0.821. The zero-order valence-electron chi connectivity index (χ0n) is 7.27. The highest BCUT2D eigenvalue weighted by molar-refractivity contribution is 5.73. The number of fused-ring (bicyclic) bond motifs is 3. The fourth-order valence-corrected chi connectivity index (χ4v) is 1.60. The van der Waals surface area contributed by atoms with Crippen LogP contribution < -0.4 is 5.43 Å². The molecule has 0 amide bonds. The maximum absolute atomic E-state index is 11.4. The third-order valence-electron chi connectivity index (χ3n) is 2.26. The number of H-pyrrole nitrogens is 1. The van der Waals surface area contributed by atoms with E-state index in [1.807, 2.05) is 22.7 Å². The molecule has 1 N–H and O–H groups in total. The predicted molar refractivity (Wildman–Crippen MR) is 53.3 cm³/mol. The Labute approximate surface area is 78.8 Å². The van der Waals surface area contributed by atoms with Gasteiger partial charge in [0.15, 0.2) is 5.52 Å². The van der Waals surface area contributed by atoms with Crippen molar-refractivity contribution in [2.45, 2.75) is 0 Å². The fourth-order valence-electron chi connectivity index (χ4n) is 1.60. The first-order valence-corrected chi connectivity index (χ1v) is 4.30. The quantitative estimate of drug-likeness (QED) is 0.571. The number of aromatic nitrogens is 3. The zero-order chi connectivity index (χ0) is 9.54. The van der Waals surface area contributed by atoms with Crippen LogP contribution in [0, 0.1) is 0 Å². The molecule has 0 aliphatic rings. The lowest BCUT2D eigenvalue weighted by molar-refractivity contribution is 1.16. The van der Waals surface area contributed by atoms with Crippen LogP contribution in [-0.2, 0) is 0 Å². The summed E-state index contributed by atoms with van der Waals surface area (Å²) in [6.07, 6.45) is 5.22. The average molecular weight is 185 g/mol. The van der Waals surface area contributed by atoms with E-state index in [1.165, 1.54) is 6.07 Å². The lowest BCUT2D eigenvalue weighted by Gasteiger charge is -1.99. The number of nitrogens with one attached hydrogen (secondary N) is 1. The van der Waals surface area contributed by atoms with Gasteiger partial charge in [0.1, 0.15) is 5.65 Å². The van der Waals surface area contributed by atoms with Crippen LogP contribution in [0.5, 0.6) is 0 Å². The van der Waals surface area contributed by atoms with E-state index in [0.717, 1.165) is 11.2 Å². The van der Waals surface area contributed by atoms with E-state index >= 15 is 0 Å². The molecule has 3 rings (SSSR count). The Kier molecular flexibility index (Phi) is 1.28. The summed E-state index contributed by atoms with van der Waals surface area (Å²) in [6, 6.07) is 5.34. The number of hydrogen-bond acceptors (Lipinski definition) is 2. The van der Waals surface area contributed by atoms with Crippen molar-refractivity contribution >= 4 is 16.7 Å². The molecule has 0 saturated carbocycles. The molecule has 0 unspecified atom stereocenters. The van der Waals surface area contributed by atoms with Gasteiger partial charge in [-0.3, -0.25) is 9.20 Å². The molecule has 68 valence electrons. The topological polar surface area (TPSA) is 50.2 Å². The molecule has 0 atom stereocenters. The first kappa shape index (κ1) is 7.32. The van der Waals surface area contributed by atoms with Crippen LogP contribution in [0.1, 0.15) is 0 Å². The van der Waals surface area contributed by atoms with Crippen molar-refractivity contribution in [3.05, 3.63) is 47.0 Å². The van der Waals surface area contributed by atoms with Gasteiger partial charge in [-0.25, -0.2) is 4.98 Å². The highest BCUT2D eigenvalue weighted by Crippen LogP contribution is 2.09. The van der Waals surface area contributed by atoms with Crippen molar-refractivity contribution in [1.29, 1.82) is 0 Å². The molecule has 14 heavy (non-hydrogen) atoms. The van der Waals surface area contributed by atoms with Gasteiger partial charge in [0.2, 0.25) is 5.43 Å². The molecule has 3 aromatic rings. The molecule has 3 aromatic heterocycles. The van der Waals surface area contributed by atoms with E-state index in [9.17, 15) is 4.79 Å². The van der Waals surface area contributed by atoms with Crippen LogP contribution in [-0.4, -0.2) is 14.4 Å². The molecule has 0 saturated heterocycles. The smallest absolute Gasteiger partial charge is 0.209 e. The fraction of sp³-hybridized carbons (Fsp3) is 0. The summed E-state index contributed by atoms with van der Waals surface area (Å²) >= 11 is 0. The first-order chi connectivity index (χ1) is 6.86.